The van der Waals surface area contributed by atoms with Crippen LogP contribution < -0.4 is 22.1 Å². The second-order valence-corrected chi connectivity index (χ2v) is 8.03. The number of likely N-dealkylation sites (tertiary alicyclic amines) is 1. The summed E-state index contributed by atoms with van der Waals surface area (Å²) in [5, 5.41) is 22.9. The van der Waals surface area contributed by atoms with Gasteiger partial charge in [-0.15, -0.1) is 0 Å². The number of nitrogens with one attached hydrogen (secondary N) is 2. The summed E-state index contributed by atoms with van der Waals surface area (Å²) in [4.78, 5) is 72.5. The minimum atomic E-state index is -1.32. The number of hydrogen-bond donors (Lipinski definition) is 6. The zero-order valence-electron chi connectivity index (χ0n) is 18.1. The normalized spacial score (nSPS) is 18.5. The van der Waals surface area contributed by atoms with Gasteiger partial charge in [0.2, 0.25) is 23.6 Å². The molecule has 0 spiro atoms. The van der Waals surface area contributed by atoms with Gasteiger partial charge in [0.25, 0.3) is 0 Å². The van der Waals surface area contributed by atoms with Gasteiger partial charge in [0.05, 0.1) is 12.5 Å². The van der Waals surface area contributed by atoms with Gasteiger partial charge >= 0.3 is 11.9 Å². The molecule has 1 heterocycles. The molecule has 0 saturated carbocycles. The van der Waals surface area contributed by atoms with Crippen LogP contribution in [-0.4, -0.2) is 81.4 Å². The number of primary amides is 1. The molecule has 1 fully saturated rings. The second kappa shape index (κ2) is 12.0. The third-order valence-corrected chi connectivity index (χ3v) is 5.09. The quantitative estimate of drug-likeness (QED) is 0.186. The van der Waals surface area contributed by atoms with Gasteiger partial charge in [-0.05, 0) is 25.2 Å². The molecular weight excluding hydrogens is 426 g/mol. The van der Waals surface area contributed by atoms with Crippen molar-refractivity contribution in [3.63, 3.8) is 0 Å². The largest absolute Gasteiger partial charge is 0.481 e. The van der Waals surface area contributed by atoms with E-state index in [2.05, 4.69) is 10.6 Å². The van der Waals surface area contributed by atoms with Crippen molar-refractivity contribution in [2.75, 3.05) is 6.54 Å². The average Bonchev–Trinajstić information content (AvgIpc) is 3.16. The van der Waals surface area contributed by atoms with E-state index in [9.17, 15) is 33.9 Å². The van der Waals surface area contributed by atoms with Crippen molar-refractivity contribution in [3.8, 4) is 0 Å². The smallest absolute Gasteiger partial charge is 0.326 e. The summed E-state index contributed by atoms with van der Waals surface area (Å²) < 4.78 is 0. The zero-order valence-corrected chi connectivity index (χ0v) is 18.1. The van der Waals surface area contributed by atoms with E-state index in [-0.39, 0.29) is 25.8 Å². The molecule has 4 amide bonds. The van der Waals surface area contributed by atoms with Gasteiger partial charge in [-0.3, -0.25) is 24.0 Å². The van der Waals surface area contributed by atoms with Crippen molar-refractivity contribution in [2.24, 2.45) is 17.4 Å². The molecular formula is C19H31N5O8. The Balaban J connectivity index is 2.95. The van der Waals surface area contributed by atoms with E-state index in [1.807, 2.05) is 0 Å². The van der Waals surface area contributed by atoms with E-state index in [0.29, 0.717) is 6.42 Å². The molecule has 8 N–H and O–H groups in total. The average molecular weight is 457 g/mol. The minimum Gasteiger partial charge on any atom is -0.481 e. The fraction of sp³-hybridized carbons (Fsp3) is 0.684. The van der Waals surface area contributed by atoms with Gasteiger partial charge in [0.15, 0.2) is 0 Å². The molecule has 4 atom stereocenters. The summed E-state index contributed by atoms with van der Waals surface area (Å²) >= 11 is 0. The number of carboxylic acid groups (broad SMARTS) is 2. The van der Waals surface area contributed by atoms with Crippen LogP contribution in [0, 0.1) is 5.92 Å². The predicted molar refractivity (Wildman–Crippen MR) is 110 cm³/mol. The van der Waals surface area contributed by atoms with Crippen molar-refractivity contribution in [3.05, 3.63) is 0 Å². The number of carbonyl (C=O) groups is 6. The zero-order chi connectivity index (χ0) is 24.6. The molecule has 1 rings (SSSR count). The Labute approximate surface area is 184 Å². The molecule has 1 aliphatic heterocycles. The van der Waals surface area contributed by atoms with Gasteiger partial charge in [0, 0.05) is 13.0 Å². The van der Waals surface area contributed by atoms with E-state index < -0.39 is 72.1 Å². The first-order chi connectivity index (χ1) is 14.8. The molecule has 0 bridgehead atoms. The van der Waals surface area contributed by atoms with Crippen LogP contribution in [-0.2, 0) is 28.8 Å². The fourth-order valence-electron chi connectivity index (χ4n) is 3.38. The Morgan fingerprint density at radius 3 is 2.22 bits per heavy atom. The molecule has 1 saturated heterocycles. The summed E-state index contributed by atoms with van der Waals surface area (Å²) in [6, 6.07) is -4.78. The maximum atomic E-state index is 12.8. The maximum Gasteiger partial charge on any atom is 0.326 e. The van der Waals surface area contributed by atoms with Crippen LogP contribution in [0.1, 0.15) is 46.0 Å². The molecule has 13 nitrogen and oxygen atoms in total. The molecule has 0 radical (unpaired) electrons. The number of nitrogens with zero attached hydrogens (tertiary/aromatic N) is 1. The van der Waals surface area contributed by atoms with Crippen LogP contribution >= 0.6 is 0 Å². The van der Waals surface area contributed by atoms with Crippen molar-refractivity contribution in [1.29, 1.82) is 0 Å². The van der Waals surface area contributed by atoms with E-state index in [4.69, 9.17) is 16.6 Å². The molecule has 0 aliphatic carbocycles. The van der Waals surface area contributed by atoms with E-state index in [1.165, 1.54) is 4.90 Å². The molecule has 0 aromatic rings. The second-order valence-electron chi connectivity index (χ2n) is 8.03. The van der Waals surface area contributed by atoms with E-state index in [0.717, 1.165) is 0 Å². The summed E-state index contributed by atoms with van der Waals surface area (Å²) in [6.45, 7) is 3.38. The minimum absolute atomic E-state index is 0.170. The monoisotopic (exact) mass is 457 g/mol. The third kappa shape index (κ3) is 7.80. The van der Waals surface area contributed by atoms with Gasteiger partial charge in [-0.2, -0.15) is 0 Å². The van der Waals surface area contributed by atoms with Gasteiger partial charge in [-0.1, -0.05) is 13.8 Å². The van der Waals surface area contributed by atoms with Crippen molar-refractivity contribution < 1.29 is 39.0 Å². The first-order valence-electron chi connectivity index (χ1n) is 10.2. The van der Waals surface area contributed by atoms with Crippen molar-refractivity contribution in [2.45, 2.75) is 70.1 Å². The highest BCUT2D eigenvalue weighted by Gasteiger charge is 2.38. The fourth-order valence-corrected chi connectivity index (χ4v) is 3.38. The molecule has 13 heteroatoms. The Hall–Kier alpha value is -3.22. The lowest BCUT2D eigenvalue weighted by Gasteiger charge is -2.28. The van der Waals surface area contributed by atoms with Crippen LogP contribution in [0.15, 0.2) is 0 Å². The SMILES string of the molecule is CC(C)C(NC(=O)C(CCC(N)=O)NC(=O)C1CCCN1C(=O)C(N)CC(=O)O)C(=O)O. The lowest BCUT2D eigenvalue weighted by molar-refractivity contribution is -0.145. The third-order valence-electron chi connectivity index (χ3n) is 5.09. The predicted octanol–water partition coefficient (Wildman–Crippen LogP) is -2.24. The number of hydrogen-bond acceptors (Lipinski definition) is 7. The summed E-state index contributed by atoms with van der Waals surface area (Å²) in [7, 11) is 0. The number of carboxylic acids is 2. The first kappa shape index (κ1) is 26.8. The molecule has 32 heavy (non-hydrogen) atoms. The topological polar surface area (TPSA) is 222 Å². The number of aliphatic carboxylic acids is 2. The Morgan fingerprint density at radius 2 is 1.72 bits per heavy atom. The molecule has 1 aliphatic rings. The van der Waals surface area contributed by atoms with E-state index in [1.54, 1.807) is 13.8 Å². The lowest BCUT2D eigenvalue weighted by Crippen LogP contribution is -2.57. The number of rotatable bonds is 12. The number of carbonyl (C=O) groups excluding carboxylic acids is 4. The molecule has 180 valence electrons. The highest BCUT2D eigenvalue weighted by atomic mass is 16.4. The van der Waals surface area contributed by atoms with E-state index >= 15 is 0 Å². The Morgan fingerprint density at radius 1 is 1.09 bits per heavy atom. The highest BCUT2D eigenvalue weighted by molar-refractivity contribution is 5.95. The molecule has 4 unspecified atom stereocenters. The standard InChI is InChI=1S/C19H31N5O8/c1-9(2)15(19(31)32)23-16(28)11(5-6-13(21)25)22-17(29)12-4-3-7-24(12)18(30)10(20)8-14(26)27/h9-12,15H,3-8,20H2,1-2H3,(H2,21,25)(H,22,29)(H,23,28)(H,26,27)(H,31,32). The van der Waals surface area contributed by atoms with Gasteiger partial charge in [-0.25, -0.2) is 4.79 Å². The summed E-state index contributed by atoms with van der Waals surface area (Å²) in [5.41, 5.74) is 10.8. The Bertz CT molecular complexity index is 756. The van der Waals surface area contributed by atoms with Crippen LogP contribution in [0.2, 0.25) is 0 Å². The molecule has 0 aromatic carbocycles. The summed E-state index contributed by atoms with van der Waals surface area (Å²) in [5.74, 6) is -5.87. The molecule has 0 aromatic heterocycles. The summed E-state index contributed by atoms with van der Waals surface area (Å²) in [6.07, 6.45) is -0.272. The van der Waals surface area contributed by atoms with Crippen LogP contribution in [0.25, 0.3) is 0 Å². The lowest BCUT2D eigenvalue weighted by atomic mass is 10.0. The van der Waals surface area contributed by atoms with Crippen LogP contribution in [0.5, 0.6) is 0 Å². The van der Waals surface area contributed by atoms with Gasteiger partial charge < -0.3 is 37.2 Å². The Kier molecular flexibility index (Phi) is 10.0. The van der Waals surface area contributed by atoms with Gasteiger partial charge in [0.1, 0.15) is 18.1 Å². The number of amides is 4. The highest BCUT2D eigenvalue weighted by Crippen LogP contribution is 2.19. The number of nitrogens with two attached hydrogens (primary N) is 2. The van der Waals surface area contributed by atoms with Crippen molar-refractivity contribution >= 4 is 35.6 Å². The maximum absolute atomic E-state index is 12.8. The first-order valence-corrected chi connectivity index (χ1v) is 10.2. The van der Waals surface area contributed by atoms with Crippen molar-refractivity contribution in [1.82, 2.24) is 15.5 Å². The van der Waals surface area contributed by atoms with Crippen LogP contribution in [0.3, 0.4) is 0 Å². The van der Waals surface area contributed by atoms with Crippen LogP contribution in [0.4, 0.5) is 0 Å².